The summed E-state index contributed by atoms with van der Waals surface area (Å²) in [5, 5.41) is 10.9. The van der Waals surface area contributed by atoms with Gasteiger partial charge in [-0.2, -0.15) is 4.99 Å². The van der Waals surface area contributed by atoms with Crippen molar-refractivity contribution in [1.29, 1.82) is 0 Å². The van der Waals surface area contributed by atoms with Gasteiger partial charge in [0, 0.05) is 0 Å². The Balaban J connectivity index is 2.51. The fourth-order valence-corrected chi connectivity index (χ4v) is 0.747. The van der Waals surface area contributed by atoms with Crippen LogP contribution in [0.15, 0.2) is 25.4 Å². The van der Waals surface area contributed by atoms with Crippen molar-refractivity contribution in [3.05, 3.63) is 0 Å². The summed E-state index contributed by atoms with van der Waals surface area (Å²) in [6.07, 6.45) is 1.50. The first-order chi connectivity index (χ1) is 4.86. The first-order valence-corrected chi connectivity index (χ1v) is 2.93. The highest BCUT2D eigenvalue weighted by molar-refractivity contribution is 7.80. The standard InChI is InChI=1S/C4HN5S/c10-4-5-1-2-3(6-4)8-9-7-2/h1H. The average molecular weight is 151 g/mol. The van der Waals surface area contributed by atoms with Gasteiger partial charge in [-0.1, -0.05) is 0 Å². The number of amidine groups is 1. The van der Waals surface area contributed by atoms with Crippen LogP contribution in [-0.4, -0.2) is 22.9 Å². The van der Waals surface area contributed by atoms with Crippen LogP contribution in [0.2, 0.25) is 0 Å². The quantitative estimate of drug-likeness (QED) is 0.467. The Morgan fingerprint density at radius 2 is 2.30 bits per heavy atom. The normalized spacial score (nSPS) is 20.6. The first-order valence-electron chi connectivity index (χ1n) is 2.52. The molecule has 2 aliphatic rings. The van der Waals surface area contributed by atoms with Gasteiger partial charge in [0.2, 0.25) is 10.9 Å². The molecule has 0 N–H and O–H groups in total. The highest BCUT2D eigenvalue weighted by Gasteiger charge is 2.15. The van der Waals surface area contributed by atoms with E-state index in [0.717, 1.165) is 0 Å². The number of aliphatic imine (C=N–C) groups is 2. The van der Waals surface area contributed by atoms with E-state index in [9.17, 15) is 0 Å². The summed E-state index contributed by atoms with van der Waals surface area (Å²) in [5.74, 6) is 0.458. The second kappa shape index (κ2) is 1.84. The number of fused-ring (bicyclic) bond motifs is 1. The molecule has 48 valence electrons. The lowest BCUT2D eigenvalue weighted by atomic mass is 10.3. The summed E-state index contributed by atoms with van der Waals surface area (Å²) in [5.41, 5.74) is 0.577. The van der Waals surface area contributed by atoms with E-state index in [4.69, 9.17) is 0 Å². The zero-order valence-electron chi connectivity index (χ0n) is 4.72. The zero-order chi connectivity index (χ0) is 6.97. The van der Waals surface area contributed by atoms with Gasteiger partial charge in [0.1, 0.15) is 0 Å². The topological polar surface area (TPSA) is 61.8 Å². The Bertz CT molecular complexity index is 310. The molecule has 0 saturated heterocycles. The molecule has 10 heavy (non-hydrogen) atoms. The van der Waals surface area contributed by atoms with Gasteiger partial charge in [0.15, 0.2) is 5.71 Å². The summed E-state index contributed by atoms with van der Waals surface area (Å²) < 4.78 is 0. The molecule has 0 amide bonds. The average Bonchev–Trinajstić information content (AvgIpc) is 2.33. The largest absolute Gasteiger partial charge is 0.225 e. The zero-order valence-corrected chi connectivity index (χ0v) is 5.54. The Morgan fingerprint density at radius 3 is 3.20 bits per heavy atom. The second-order valence-corrected chi connectivity index (χ2v) is 2.02. The van der Waals surface area contributed by atoms with Crippen molar-refractivity contribution in [3.8, 4) is 0 Å². The molecule has 6 heteroatoms. The van der Waals surface area contributed by atoms with Crippen molar-refractivity contribution in [3.63, 3.8) is 0 Å². The summed E-state index contributed by atoms with van der Waals surface area (Å²) in [4.78, 5) is 7.54. The summed E-state index contributed by atoms with van der Waals surface area (Å²) >= 11 is 4.69. The maximum atomic E-state index is 4.69. The molecule has 0 aliphatic carbocycles. The van der Waals surface area contributed by atoms with Gasteiger partial charge in [-0.25, -0.2) is 4.99 Å². The molecule has 2 heterocycles. The Kier molecular flexibility index (Phi) is 1.01. The summed E-state index contributed by atoms with van der Waals surface area (Å²) in [6, 6.07) is 0. The Labute approximate surface area is 61.3 Å². The van der Waals surface area contributed by atoms with Gasteiger partial charge in [0.05, 0.1) is 6.21 Å². The van der Waals surface area contributed by atoms with Crippen molar-refractivity contribution in [2.75, 3.05) is 0 Å². The van der Waals surface area contributed by atoms with E-state index in [0.29, 0.717) is 11.5 Å². The van der Waals surface area contributed by atoms with Gasteiger partial charge < -0.3 is 0 Å². The fourth-order valence-electron chi connectivity index (χ4n) is 0.608. The molecule has 0 radical (unpaired) electrons. The van der Waals surface area contributed by atoms with E-state index < -0.39 is 0 Å². The van der Waals surface area contributed by atoms with Crippen LogP contribution in [0.5, 0.6) is 0 Å². The third-order valence-electron chi connectivity index (χ3n) is 1.02. The predicted octanol–water partition coefficient (Wildman–Crippen LogP) is 0.576. The molecular weight excluding hydrogens is 150 g/mol. The lowest BCUT2D eigenvalue weighted by molar-refractivity contribution is 1.13. The molecule has 0 fully saturated rings. The van der Waals surface area contributed by atoms with Gasteiger partial charge >= 0.3 is 0 Å². The van der Waals surface area contributed by atoms with Crippen LogP contribution in [0.3, 0.4) is 0 Å². The molecule has 0 spiro atoms. The van der Waals surface area contributed by atoms with E-state index in [1.54, 1.807) is 0 Å². The maximum absolute atomic E-state index is 4.69. The van der Waals surface area contributed by atoms with E-state index in [1.807, 2.05) is 0 Å². The molecule has 2 aliphatic heterocycles. The SMILES string of the molecule is S=C1N=CC2=NN=NC2=N1. The molecule has 0 saturated carbocycles. The lowest BCUT2D eigenvalue weighted by Crippen LogP contribution is -2.15. The minimum absolute atomic E-state index is 0.273. The Morgan fingerprint density at radius 1 is 1.40 bits per heavy atom. The number of hydrogen-bond acceptors (Lipinski definition) is 4. The first kappa shape index (κ1) is 5.48. The van der Waals surface area contributed by atoms with Crippen LogP contribution in [-0.2, 0) is 0 Å². The van der Waals surface area contributed by atoms with E-state index in [1.165, 1.54) is 6.21 Å². The molecule has 0 bridgehead atoms. The minimum atomic E-state index is 0.273. The van der Waals surface area contributed by atoms with Crippen LogP contribution >= 0.6 is 12.2 Å². The fraction of sp³-hybridized carbons (Fsp3) is 0. The minimum Gasteiger partial charge on any atom is -0.225 e. The highest BCUT2D eigenvalue weighted by Crippen LogP contribution is 2.03. The number of nitrogens with zero attached hydrogens (tertiary/aromatic N) is 5. The molecule has 5 nitrogen and oxygen atoms in total. The third kappa shape index (κ3) is 0.695. The summed E-state index contributed by atoms with van der Waals surface area (Å²) in [6.45, 7) is 0. The smallest absolute Gasteiger partial charge is 0.221 e. The van der Waals surface area contributed by atoms with E-state index >= 15 is 0 Å². The van der Waals surface area contributed by atoms with Crippen LogP contribution in [0, 0.1) is 0 Å². The molecule has 0 unspecified atom stereocenters. The van der Waals surface area contributed by atoms with Crippen LogP contribution < -0.4 is 0 Å². The van der Waals surface area contributed by atoms with Gasteiger partial charge in [-0.05, 0) is 17.4 Å². The maximum Gasteiger partial charge on any atom is 0.221 e. The monoisotopic (exact) mass is 151 g/mol. The number of rotatable bonds is 0. The van der Waals surface area contributed by atoms with Gasteiger partial charge in [0.25, 0.3) is 0 Å². The highest BCUT2D eigenvalue weighted by atomic mass is 32.1. The predicted molar refractivity (Wildman–Crippen MR) is 40.8 cm³/mol. The van der Waals surface area contributed by atoms with Crippen LogP contribution in [0.25, 0.3) is 0 Å². The van der Waals surface area contributed by atoms with Crippen molar-refractivity contribution in [2.45, 2.75) is 0 Å². The van der Waals surface area contributed by atoms with E-state index in [2.05, 4.69) is 37.6 Å². The van der Waals surface area contributed by atoms with Crippen molar-refractivity contribution in [1.82, 2.24) is 0 Å². The Hall–Kier alpha value is -1.30. The molecule has 0 aromatic carbocycles. The summed E-state index contributed by atoms with van der Waals surface area (Å²) in [7, 11) is 0. The van der Waals surface area contributed by atoms with Crippen molar-refractivity contribution in [2.24, 2.45) is 25.4 Å². The van der Waals surface area contributed by atoms with Crippen LogP contribution in [0.1, 0.15) is 0 Å². The number of thiocarbonyl (C=S) groups is 1. The second-order valence-electron chi connectivity index (χ2n) is 1.65. The van der Waals surface area contributed by atoms with Crippen LogP contribution in [0.4, 0.5) is 0 Å². The molecule has 0 aromatic rings. The molecule has 0 atom stereocenters. The third-order valence-corrected chi connectivity index (χ3v) is 1.22. The lowest BCUT2D eigenvalue weighted by Gasteiger charge is -1.96. The van der Waals surface area contributed by atoms with E-state index in [-0.39, 0.29) is 5.11 Å². The molecule has 2 rings (SSSR count). The van der Waals surface area contributed by atoms with Gasteiger partial charge in [-0.3, -0.25) is 0 Å². The molecule has 0 aromatic heterocycles. The number of hydrogen-bond donors (Lipinski definition) is 0. The molecular formula is C4HN5S. The van der Waals surface area contributed by atoms with Crippen molar-refractivity contribution < 1.29 is 0 Å². The van der Waals surface area contributed by atoms with Gasteiger partial charge in [-0.15, -0.1) is 10.2 Å². The van der Waals surface area contributed by atoms with Crippen molar-refractivity contribution >= 4 is 35.1 Å².